The van der Waals surface area contributed by atoms with Crippen molar-refractivity contribution in [1.29, 1.82) is 0 Å². The van der Waals surface area contributed by atoms with Crippen LogP contribution in [0.3, 0.4) is 0 Å². The van der Waals surface area contributed by atoms with Gasteiger partial charge in [-0.1, -0.05) is 55.3 Å². The molecule has 8 rings (SSSR count). The fourth-order valence-corrected chi connectivity index (χ4v) is 7.85. The number of pyridine rings is 1. The molecule has 3 aromatic heterocycles. The van der Waals surface area contributed by atoms with E-state index < -0.39 is 0 Å². The summed E-state index contributed by atoms with van der Waals surface area (Å²) in [4.78, 5) is 15.1. The van der Waals surface area contributed by atoms with Crippen molar-refractivity contribution < 1.29 is 4.42 Å². The zero-order valence-electron chi connectivity index (χ0n) is 25.5. The van der Waals surface area contributed by atoms with E-state index >= 15 is 0 Å². The third-order valence-electron chi connectivity index (χ3n) is 9.71. The molecule has 0 unspecified atom stereocenters. The first-order valence-corrected chi connectivity index (χ1v) is 15.5. The van der Waals surface area contributed by atoms with Crippen molar-refractivity contribution in [2.75, 3.05) is 0 Å². The Morgan fingerprint density at radius 1 is 0.698 bits per heavy atom. The number of aromatic nitrogens is 3. The van der Waals surface area contributed by atoms with Gasteiger partial charge >= 0.3 is 0 Å². The number of furan rings is 1. The summed E-state index contributed by atoms with van der Waals surface area (Å²) < 4.78 is 6.61. The Kier molecular flexibility index (Phi) is 5.91. The molecule has 0 aliphatic heterocycles. The molecule has 0 radical (unpaired) electrons. The first-order chi connectivity index (χ1) is 20.9. The van der Waals surface area contributed by atoms with E-state index in [2.05, 4.69) is 94.4 Å². The minimum absolute atomic E-state index is 0.646. The van der Waals surface area contributed by atoms with Crippen LogP contribution < -0.4 is 0 Å². The number of benzene rings is 4. The summed E-state index contributed by atoms with van der Waals surface area (Å²) in [6.45, 7) is 10.9. The van der Waals surface area contributed by atoms with Crippen LogP contribution in [0.2, 0.25) is 0 Å². The molecule has 4 aromatic carbocycles. The Balaban J connectivity index is 1.37. The number of nitrogens with zero attached hydrogens (tertiary/aromatic N) is 3. The molecule has 0 amide bonds. The lowest BCUT2D eigenvalue weighted by atomic mass is 9.85. The van der Waals surface area contributed by atoms with E-state index in [0.29, 0.717) is 11.6 Å². The first kappa shape index (κ1) is 26.1. The second kappa shape index (κ2) is 9.74. The van der Waals surface area contributed by atoms with Crippen LogP contribution in [-0.4, -0.2) is 15.0 Å². The largest absolute Gasteiger partial charge is 0.437 e. The second-order valence-corrected chi connectivity index (χ2v) is 12.5. The predicted octanol–water partition coefficient (Wildman–Crippen LogP) is 10.6. The van der Waals surface area contributed by atoms with Gasteiger partial charge in [0.1, 0.15) is 11.4 Å². The molecule has 43 heavy (non-hydrogen) atoms. The fourth-order valence-electron chi connectivity index (χ4n) is 7.85. The molecule has 0 saturated heterocycles. The third-order valence-corrected chi connectivity index (χ3v) is 9.71. The van der Waals surface area contributed by atoms with Crippen molar-refractivity contribution in [3.05, 3.63) is 100 Å². The number of hydrogen-bond donors (Lipinski definition) is 0. The molecule has 1 aliphatic rings. The summed E-state index contributed by atoms with van der Waals surface area (Å²) in [7, 11) is 0. The van der Waals surface area contributed by atoms with E-state index in [1.807, 2.05) is 6.92 Å². The van der Waals surface area contributed by atoms with E-state index in [0.717, 1.165) is 55.6 Å². The van der Waals surface area contributed by atoms with Crippen molar-refractivity contribution in [2.45, 2.75) is 66.2 Å². The number of fused-ring (bicyclic) bond motifs is 6. The maximum absolute atomic E-state index is 6.61. The molecule has 1 saturated carbocycles. The summed E-state index contributed by atoms with van der Waals surface area (Å²) >= 11 is 0. The van der Waals surface area contributed by atoms with Gasteiger partial charge in [-0.15, -0.1) is 0 Å². The molecule has 0 atom stereocenters. The number of hydrogen-bond acceptors (Lipinski definition) is 4. The van der Waals surface area contributed by atoms with Gasteiger partial charge in [0.05, 0.1) is 16.9 Å². The summed E-state index contributed by atoms with van der Waals surface area (Å²) in [5, 5.41) is 5.62. The van der Waals surface area contributed by atoms with Crippen molar-refractivity contribution in [1.82, 2.24) is 15.0 Å². The lowest BCUT2D eigenvalue weighted by molar-refractivity contribution is 0.655. The molecule has 0 bridgehead atoms. The SMILES string of the molecule is Cc1nc(-c2cccc3c2oc2nc(-c4c(C)cccc4C)ccc23)c2ccc3cc(C)c(C4CCCC4)c(C)c3c2n1. The molecule has 0 N–H and O–H groups in total. The summed E-state index contributed by atoms with van der Waals surface area (Å²) in [6, 6.07) is 23.8. The van der Waals surface area contributed by atoms with E-state index in [4.69, 9.17) is 19.4 Å². The normalized spacial score (nSPS) is 14.2. The van der Waals surface area contributed by atoms with Crippen LogP contribution in [0.5, 0.6) is 0 Å². The lowest BCUT2D eigenvalue weighted by Crippen LogP contribution is -2.02. The number of para-hydroxylation sites is 1. The fraction of sp³-hybridized carbons (Fsp3) is 0.256. The van der Waals surface area contributed by atoms with E-state index in [1.165, 1.54) is 64.3 Å². The summed E-state index contributed by atoms with van der Waals surface area (Å²) in [5.74, 6) is 1.41. The van der Waals surface area contributed by atoms with E-state index in [-0.39, 0.29) is 0 Å². The Labute approximate surface area is 251 Å². The van der Waals surface area contributed by atoms with E-state index in [9.17, 15) is 0 Å². The molecular formula is C39H35N3O. The molecule has 1 aliphatic carbocycles. The van der Waals surface area contributed by atoms with Gasteiger partial charge in [0, 0.05) is 32.7 Å². The highest BCUT2D eigenvalue weighted by atomic mass is 16.3. The summed E-state index contributed by atoms with van der Waals surface area (Å²) in [5.41, 5.74) is 13.2. The minimum atomic E-state index is 0.646. The topological polar surface area (TPSA) is 51.8 Å². The lowest BCUT2D eigenvalue weighted by Gasteiger charge is -2.20. The van der Waals surface area contributed by atoms with Gasteiger partial charge < -0.3 is 4.42 Å². The van der Waals surface area contributed by atoms with Crippen molar-refractivity contribution in [3.63, 3.8) is 0 Å². The van der Waals surface area contributed by atoms with Crippen molar-refractivity contribution >= 4 is 43.7 Å². The Morgan fingerprint density at radius 3 is 2.23 bits per heavy atom. The molecule has 4 nitrogen and oxygen atoms in total. The monoisotopic (exact) mass is 561 g/mol. The van der Waals surface area contributed by atoms with Gasteiger partial charge in [0.2, 0.25) is 5.71 Å². The molecule has 1 fully saturated rings. The van der Waals surface area contributed by atoms with Gasteiger partial charge in [-0.25, -0.2) is 15.0 Å². The Bertz CT molecular complexity index is 2230. The number of rotatable bonds is 3. The summed E-state index contributed by atoms with van der Waals surface area (Å²) in [6.07, 6.45) is 5.21. The molecule has 3 heterocycles. The second-order valence-electron chi connectivity index (χ2n) is 12.5. The van der Waals surface area contributed by atoms with Gasteiger partial charge in [0.15, 0.2) is 0 Å². The van der Waals surface area contributed by atoms with Crippen LogP contribution in [0.15, 0.2) is 71.1 Å². The van der Waals surface area contributed by atoms with Crippen molar-refractivity contribution in [3.8, 4) is 22.5 Å². The highest BCUT2D eigenvalue weighted by Gasteiger charge is 2.24. The first-order valence-electron chi connectivity index (χ1n) is 15.5. The molecular weight excluding hydrogens is 526 g/mol. The van der Waals surface area contributed by atoms with Crippen LogP contribution >= 0.6 is 0 Å². The van der Waals surface area contributed by atoms with Crippen LogP contribution in [-0.2, 0) is 0 Å². The van der Waals surface area contributed by atoms with Crippen LogP contribution in [0.4, 0.5) is 0 Å². The quantitative estimate of drug-likeness (QED) is 0.201. The third kappa shape index (κ3) is 4.00. The molecule has 7 aromatic rings. The van der Waals surface area contributed by atoms with Gasteiger partial charge in [-0.3, -0.25) is 0 Å². The average Bonchev–Trinajstić information content (AvgIpc) is 3.64. The zero-order chi connectivity index (χ0) is 29.4. The minimum Gasteiger partial charge on any atom is -0.437 e. The van der Waals surface area contributed by atoms with E-state index in [1.54, 1.807) is 0 Å². The average molecular weight is 562 g/mol. The maximum Gasteiger partial charge on any atom is 0.227 e. The number of aryl methyl sites for hydroxylation is 5. The molecule has 0 spiro atoms. The molecule has 4 heteroatoms. The Hall–Kier alpha value is -4.57. The van der Waals surface area contributed by atoms with Gasteiger partial charge in [-0.2, -0.15) is 0 Å². The molecule has 212 valence electrons. The van der Waals surface area contributed by atoms with Gasteiger partial charge in [0.25, 0.3) is 0 Å². The smallest absolute Gasteiger partial charge is 0.227 e. The van der Waals surface area contributed by atoms with Crippen LogP contribution in [0.1, 0.15) is 65.2 Å². The Morgan fingerprint density at radius 2 is 1.44 bits per heavy atom. The highest BCUT2D eigenvalue weighted by Crippen LogP contribution is 2.43. The van der Waals surface area contributed by atoms with Crippen LogP contribution in [0.25, 0.3) is 66.3 Å². The maximum atomic E-state index is 6.61. The van der Waals surface area contributed by atoms with Crippen LogP contribution in [0, 0.1) is 34.6 Å². The van der Waals surface area contributed by atoms with Gasteiger partial charge in [-0.05, 0) is 111 Å². The standard InChI is InChI=1S/C39H35N3O/c1-21-10-8-11-22(2)33(21)32-19-18-29-28-14-9-15-31(38(28)43-39(29)42-32)36-30-17-16-27-20-23(3)34(26-12-6-7-13-26)24(4)35(27)37(30)41-25(5)40-36/h8-11,14-20,26H,6-7,12-13H2,1-5H3. The zero-order valence-corrected chi connectivity index (χ0v) is 25.5. The predicted molar refractivity (Wildman–Crippen MR) is 178 cm³/mol. The highest BCUT2D eigenvalue weighted by molar-refractivity contribution is 6.15. The van der Waals surface area contributed by atoms with Crippen molar-refractivity contribution in [2.24, 2.45) is 0 Å².